The van der Waals surface area contributed by atoms with Crippen LogP contribution < -0.4 is 11.1 Å². The zero-order valence-electron chi connectivity index (χ0n) is 11.2. The minimum Gasteiger partial charge on any atom is -0.508 e. The first kappa shape index (κ1) is 17.3. The Balaban J connectivity index is 2.24. The fraction of sp³-hybridized carbons (Fsp3) is 0.462. The number of hydrogen-bond donors (Lipinski definition) is 3. The molecule has 0 spiro atoms. The quantitative estimate of drug-likeness (QED) is 0.655. The SMILES string of the molecule is N[C@@H](Cc1ccc(O)cc1)C(=O)NCCOCC(F)(F)F. The molecule has 0 saturated heterocycles. The number of alkyl halides is 3. The molecular weight excluding hydrogens is 289 g/mol. The van der Waals surface area contributed by atoms with Crippen molar-refractivity contribution >= 4 is 5.91 Å². The summed E-state index contributed by atoms with van der Waals surface area (Å²) in [6, 6.07) is 5.40. The molecule has 21 heavy (non-hydrogen) atoms. The van der Waals surface area contributed by atoms with Crippen LogP contribution in [0.5, 0.6) is 5.75 Å². The maximum Gasteiger partial charge on any atom is 0.411 e. The summed E-state index contributed by atoms with van der Waals surface area (Å²) in [7, 11) is 0. The van der Waals surface area contributed by atoms with E-state index in [2.05, 4.69) is 10.1 Å². The third-order valence-electron chi connectivity index (χ3n) is 2.54. The molecule has 0 unspecified atom stereocenters. The molecule has 1 aromatic rings. The van der Waals surface area contributed by atoms with Crippen LogP contribution in [-0.2, 0) is 16.0 Å². The van der Waals surface area contributed by atoms with Crippen LogP contribution in [-0.4, -0.2) is 43.0 Å². The molecule has 1 amide bonds. The monoisotopic (exact) mass is 306 g/mol. The number of amides is 1. The molecule has 5 nitrogen and oxygen atoms in total. The average molecular weight is 306 g/mol. The van der Waals surface area contributed by atoms with Gasteiger partial charge in [0.15, 0.2) is 0 Å². The Hall–Kier alpha value is -1.80. The summed E-state index contributed by atoms with van der Waals surface area (Å²) in [5, 5.41) is 11.5. The zero-order valence-corrected chi connectivity index (χ0v) is 11.2. The Morgan fingerprint density at radius 1 is 1.33 bits per heavy atom. The van der Waals surface area contributed by atoms with Crippen molar-refractivity contribution in [2.45, 2.75) is 18.6 Å². The number of aromatic hydroxyl groups is 1. The van der Waals surface area contributed by atoms with E-state index in [-0.39, 0.29) is 25.3 Å². The smallest absolute Gasteiger partial charge is 0.411 e. The van der Waals surface area contributed by atoms with Crippen LogP contribution in [0.1, 0.15) is 5.56 Å². The maximum atomic E-state index is 11.8. The minimum absolute atomic E-state index is 0.0435. The highest BCUT2D eigenvalue weighted by Crippen LogP contribution is 2.14. The standard InChI is InChI=1S/C13H17F3N2O3/c14-13(15,16)8-21-6-5-18-12(20)11(17)7-9-1-3-10(19)4-2-9/h1-4,11,19H,5-8,17H2,(H,18,20)/t11-/m0/s1. The second-order valence-corrected chi connectivity index (χ2v) is 4.44. The van der Waals surface area contributed by atoms with E-state index in [9.17, 15) is 18.0 Å². The van der Waals surface area contributed by atoms with Crippen molar-refractivity contribution in [3.05, 3.63) is 29.8 Å². The molecule has 4 N–H and O–H groups in total. The Morgan fingerprint density at radius 3 is 2.52 bits per heavy atom. The number of benzene rings is 1. The molecule has 0 aromatic heterocycles. The fourth-order valence-electron chi connectivity index (χ4n) is 1.54. The van der Waals surface area contributed by atoms with Gasteiger partial charge in [-0.25, -0.2) is 0 Å². The first-order valence-electron chi connectivity index (χ1n) is 6.23. The molecule has 0 bridgehead atoms. The van der Waals surface area contributed by atoms with Crippen LogP contribution in [0.15, 0.2) is 24.3 Å². The summed E-state index contributed by atoms with van der Waals surface area (Å²) in [6.45, 7) is -1.63. The van der Waals surface area contributed by atoms with Crippen LogP contribution in [0, 0.1) is 0 Å². The van der Waals surface area contributed by atoms with E-state index >= 15 is 0 Å². The summed E-state index contributed by atoms with van der Waals surface area (Å²) in [5.41, 5.74) is 6.44. The van der Waals surface area contributed by atoms with Crippen molar-refractivity contribution in [2.24, 2.45) is 5.73 Å². The number of carbonyl (C=O) groups is 1. The molecule has 0 heterocycles. The highest BCUT2D eigenvalue weighted by molar-refractivity contribution is 5.81. The molecule has 0 saturated carbocycles. The first-order chi connectivity index (χ1) is 9.78. The Labute approximate surface area is 119 Å². The van der Waals surface area contributed by atoms with E-state index in [0.717, 1.165) is 5.56 Å². The van der Waals surface area contributed by atoms with Crippen LogP contribution in [0.2, 0.25) is 0 Å². The van der Waals surface area contributed by atoms with Crippen molar-refractivity contribution in [1.82, 2.24) is 5.32 Å². The van der Waals surface area contributed by atoms with Gasteiger partial charge in [0.25, 0.3) is 0 Å². The maximum absolute atomic E-state index is 11.8. The van der Waals surface area contributed by atoms with Crippen LogP contribution in [0.3, 0.4) is 0 Å². The summed E-state index contributed by atoms with van der Waals surface area (Å²) < 4.78 is 39.7. The highest BCUT2D eigenvalue weighted by Gasteiger charge is 2.27. The molecular formula is C13H17F3N2O3. The molecule has 0 aliphatic rings. The highest BCUT2D eigenvalue weighted by atomic mass is 19.4. The van der Waals surface area contributed by atoms with Crippen molar-refractivity contribution in [1.29, 1.82) is 0 Å². The second kappa shape index (κ2) is 7.84. The van der Waals surface area contributed by atoms with E-state index in [1.165, 1.54) is 12.1 Å². The van der Waals surface area contributed by atoms with Crippen molar-refractivity contribution in [3.63, 3.8) is 0 Å². The van der Waals surface area contributed by atoms with E-state index < -0.39 is 24.7 Å². The number of phenolic OH excluding ortho intramolecular Hbond substituents is 1. The molecule has 0 radical (unpaired) electrons. The summed E-state index contributed by atoms with van der Waals surface area (Å²) >= 11 is 0. The van der Waals surface area contributed by atoms with E-state index in [1.807, 2.05) is 0 Å². The van der Waals surface area contributed by atoms with Gasteiger partial charge in [0.1, 0.15) is 12.4 Å². The lowest BCUT2D eigenvalue weighted by molar-refractivity contribution is -0.173. The lowest BCUT2D eigenvalue weighted by atomic mass is 10.1. The largest absolute Gasteiger partial charge is 0.508 e. The molecule has 0 aliphatic carbocycles. The lowest BCUT2D eigenvalue weighted by Crippen LogP contribution is -2.43. The average Bonchev–Trinajstić information content (AvgIpc) is 2.39. The Bertz CT molecular complexity index is 449. The summed E-state index contributed by atoms with van der Waals surface area (Å²) in [6.07, 6.45) is -4.12. The van der Waals surface area contributed by atoms with E-state index in [0.29, 0.717) is 0 Å². The Kier molecular flexibility index (Phi) is 6.44. The fourth-order valence-corrected chi connectivity index (χ4v) is 1.54. The predicted octanol–water partition coefficient (Wildman–Crippen LogP) is 0.957. The number of nitrogens with two attached hydrogens (primary N) is 1. The van der Waals surface area contributed by atoms with E-state index in [4.69, 9.17) is 10.8 Å². The van der Waals surface area contributed by atoms with Gasteiger partial charge in [-0.15, -0.1) is 0 Å². The Morgan fingerprint density at radius 2 is 1.95 bits per heavy atom. The van der Waals surface area contributed by atoms with Crippen LogP contribution >= 0.6 is 0 Å². The van der Waals surface area contributed by atoms with Gasteiger partial charge in [-0.3, -0.25) is 4.79 Å². The molecule has 118 valence electrons. The van der Waals surface area contributed by atoms with Gasteiger partial charge in [-0.1, -0.05) is 12.1 Å². The van der Waals surface area contributed by atoms with E-state index in [1.54, 1.807) is 12.1 Å². The van der Waals surface area contributed by atoms with Crippen molar-refractivity contribution in [3.8, 4) is 5.75 Å². The van der Waals surface area contributed by atoms with Crippen molar-refractivity contribution in [2.75, 3.05) is 19.8 Å². The minimum atomic E-state index is -4.38. The normalized spacial score (nSPS) is 13.0. The lowest BCUT2D eigenvalue weighted by Gasteiger charge is -2.13. The van der Waals surface area contributed by atoms with Gasteiger partial charge in [0, 0.05) is 6.54 Å². The molecule has 8 heteroatoms. The van der Waals surface area contributed by atoms with Gasteiger partial charge >= 0.3 is 6.18 Å². The van der Waals surface area contributed by atoms with Gasteiger partial charge in [0.05, 0.1) is 12.6 Å². The number of halogens is 3. The molecule has 1 rings (SSSR count). The van der Waals surface area contributed by atoms with Gasteiger partial charge < -0.3 is 20.9 Å². The second-order valence-electron chi connectivity index (χ2n) is 4.44. The number of phenols is 1. The number of nitrogens with one attached hydrogen (secondary N) is 1. The molecule has 1 aromatic carbocycles. The predicted molar refractivity (Wildman–Crippen MR) is 69.7 cm³/mol. The number of ether oxygens (including phenoxy) is 1. The third kappa shape index (κ3) is 7.52. The summed E-state index contributed by atoms with van der Waals surface area (Å²) in [5.74, 6) is -0.364. The number of carbonyl (C=O) groups excluding carboxylic acids is 1. The van der Waals surface area contributed by atoms with Crippen LogP contribution in [0.25, 0.3) is 0 Å². The summed E-state index contributed by atoms with van der Waals surface area (Å²) in [4.78, 5) is 11.6. The molecule has 0 aliphatic heterocycles. The number of rotatable bonds is 7. The van der Waals surface area contributed by atoms with Gasteiger partial charge in [0.2, 0.25) is 5.91 Å². The number of hydrogen-bond acceptors (Lipinski definition) is 4. The molecule has 1 atom stereocenters. The zero-order chi connectivity index (χ0) is 15.9. The van der Waals surface area contributed by atoms with Crippen LogP contribution in [0.4, 0.5) is 13.2 Å². The first-order valence-corrected chi connectivity index (χ1v) is 6.23. The molecule has 0 fully saturated rings. The third-order valence-corrected chi connectivity index (χ3v) is 2.54. The van der Waals surface area contributed by atoms with Crippen molar-refractivity contribution < 1.29 is 27.8 Å². The van der Waals surface area contributed by atoms with Gasteiger partial charge in [-0.05, 0) is 24.1 Å². The van der Waals surface area contributed by atoms with Gasteiger partial charge in [-0.2, -0.15) is 13.2 Å². The topological polar surface area (TPSA) is 84.6 Å².